The zero-order valence-corrected chi connectivity index (χ0v) is 11.6. The van der Waals surface area contributed by atoms with Gasteiger partial charge in [0.1, 0.15) is 0 Å². The zero-order valence-electron chi connectivity index (χ0n) is 10.7. The predicted octanol–water partition coefficient (Wildman–Crippen LogP) is 2.13. The summed E-state index contributed by atoms with van der Waals surface area (Å²) in [4.78, 5) is 11.9. The lowest BCUT2D eigenvalue weighted by atomic mass is 10.1. The first kappa shape index (κ1) is 14.4. The van der Waals surface area contributed by atoms with Crippen molar-refractivity contribution in [2.75, 3.05) is 18.4 Å². The summed E-state index contributed by atoms with van der Waals surface area (Å²) in [5.41, 5.74) is 1.32. The van der Waals surface area contributed by atoms with Gasteiger partial charge in [0.05, 0.1) is 11.3 Å². The maximum Gasteiger partial charge on any atom is 0.253 e. The van der Waals surface area contributed by atoms with Gasteiger partial charge in [-0.1, -0.05) is 19.1 Å². The van der Waals surface area contributed by atoms with E-state index in [1.165, 1.54) is 0 Å². The first-order valence-electron chi connectivity index (χ1n) is 6.11. The van der Waals surface area contributed by atoms with Crippen molar-refractivity contribution in [1.82, 2.24) is 10.6 Å². The SMILES string of the molecule is CCCNC(=O)c1ccccc1NC(=S)NCC. The summed E-state index contributed by atoms with van der Waals surface area (Å²) in [5.74, 6) is -0.0840. The number of thiocarbonyl (C=S) groups is 1. The molecule has 3 N–H and O–H groups in total. The van der Waals surface area contributed by atoms with Crippen LogP contribution in [0.4, 0.5) is 5.69 Å². The summed E-state index contributed by atoms with van der Waals surface area (Å²) in [6, 6.07) is 7.32. The normalized spacial score (nSPS) is 9.67. The molecule has 0 fully saturated rings. The van der Waals surface area contributed by atoms with Crippen molar-refractivity contribution in [2.24, 2.45) is 0 Å². The highest BCUT2D eigenvalue weighted by Gasteiger charge is 2.10. The number of amides is 1. The molecule has 0 atom stereocenters. The smallest absolute Gasteiger partial charge is 0.253 e. The number of carbonyl (C=O) groups is 1. The second-order valence-electron chi connectivity index (χ2n) is 3.79. The minimum Gasteiger partial charge on any atom is -0.363 e. The minimum atomic E-state index is -0.0840. The molecule has 98 valence electrons. The van der Waals surface area contributed by atoms with Crippen molar-refractivity contribution in [1.29, 1.82) is 0 Å². The highest BCUT2D eigenvalue weighted by Crippen LogP contribution is 2.14. The van der Waals surface area contributed by atoms with Gasteiger partial charge in [-0.2, -0.15) is 0 Å². The lowest BCUT2D eigenvalue weighted by Gasteiger charge is -2.13. The Morgan fingerprint density at radius 2 is 1.94 bits per heavy atom. The van der Waals surface area contributed by atoms with E-state index in [9.17, 15) is 4.79 Å². The first-order valence-corrected chi connectivity index (χ1v) is 6.52. The van der Waals surface area contributed by atoms with Crippen LogP contribution in [0, 0.1) is 0 Å². The van der Waals surface area contributed by atoms with E-state index >= 15 is 0 Å². The van der Waals surface area contributed by atoms with Crippen molar-refractivity contribution in [3.05, 3.63) is 29.8 Å². The fraction of sp³-hybridized carbons (Fsp3) is 0.385. The summed E-state index contributed by atoms with van der Waals surface area (Å²) in [6.07, 6.45) is 0.914. The Bertz CT molecular complexity index is 420. The molecule has 0 heterocycles. The van der Waals surface area contributed by atoms with E-state index in [1.807, 2.05) is 32.0 Å². The molecule has 0 saturated heterocycles. The van der Waals surface area contributed by atoms with Crippen LogP contribution in [0.3, 0.4) is 0 Å². The first-order chi connectivity index (χ1) is 8.69. The predicted molar refractivity (Wildman–Crippen MR) is 79.0 cm³/mol. The van der Waals surface area contributed by atoms with E-state index in [0.29, 0.717) is 17.2 Å². The van der Waals surface area contributed by atoms with Crippen molar-refractivity contribution < 1.29 is 4.79 Å². The Labute approximate surface area is 113 Å². The van der Waals surface area contributed by atoms with Crippen molar-refractivity contribution in [2.45, 2.75) is 20.3 Å². The number of benzene rings is 1. The van der Waals surface area contributed by atoms with Gasteiger partial charge in [0, 0.05) is 13.1 Å². The molecule has 0 spiro atoms. The van der Waals surface area contributed by atoms with E-state index in [0.717, 1.165) is 18.7 Å². The number of nitrogens with one attached hydrogen (secondary N) is 3. The summed E-state index contributed by atoms with van der Waals surface area (Å²) in [7, 11) is 0. The van der Waals surface area contributed by atoms with Crippen LogP contribution < -0.4 is 16.0 Å². The van der Waals surface area contributed by atoms with Crippen LogP contribution in [0.1, 0.15) is 30.6 Å². The molecular weight excluding hydrogens is 246 g/mol. The number of anilines is 1. The van der Waals surface area contributed by atoms with Gasteiger partial charge in [0.25, 0.3) is 5.91 Å². The zero-order chi connectivity index (χ0) is 13.4. The second-order valence-corrected chi connectivity index (χ2v) is 4.19. The Kier molecular flexibility index (Phi) is 6.14. The molecule has 1 aromatic rings. The molecule has 1 aromatic carbocycles. The molecule has 0 saturated carbocycles. The fourth-order valence-electron chi connectivity index (χ4n) is 1.45. The molecule has 1 rings (SSSR count). The van der Waals surface area contributed by atoms with Crippen LogP contribution in [0.5, 0.6) is 0 Å². The molecule has 0 bridgehead atoms. The number of rotatable bonds is 5. The average molecular weight is 265 g/mol. The summed E-state index contributed by atoms with van der Waals surface area (Å²) < 4.78 is 0. The third-order valence-corrected chi connectivity index (χ3v) is 2.54. The average Bonchev–Trinajstić information content (AvgIpc) is 2.37. The Hall–Kier alpha value is -1.62. The number of para-hydroxylation sites is 1. The van der Waals surface area contributed by atoms with E-state index in [1.54, 1.807) is 6.07 Å². The summed E-state index contributed by atoms with van der Waals surface area (Å²) in [6.45, 7) is 5.40. The van der Waals surface area contributed by atoms with Crippen LogP contribution in [-0.2, 0) is 0 Å². The van der Waals surface area contributed by atoms with Gasteiger partial charge in [0.15, 0.2) is 5.11 Å². The summed E-state index contributed by atoms with van der Waals surface area (Å²) >= 11 is 5.11. The molecule has 1 amide bonds. The maximum absolute atomic E-state index is 11.9. The van der Waals surface area contributed by atoms with Gasteiger partial charge in [-0.25, -0.2) is 0 Å². The van der Waals surface area contributed by atoms with Gasteiger partial charge in [0.2, 0.25) is 0 Å². The largest absolute Gasteiger partial charge is 0.363 e. The molecule has 18 heavy (non-hydrogen) atoms. The molecule has 0 aliphatic carbocycles. The number of hydrogen-bond donors (Lipinski definition) is 3. The molecule has 0 aliphatic heterocycles. The molecule has 0 radical (unpaired) electrons. The van der Waals surface area contributed by atoms with Gasteiger partial charge >= 0.3 is 0 Å². The van der Waals surface area contributed by atoms with Gasteiger partial charge in [-0.15, -0.1) is 0 Å². The van der Waals surface area contributed by atoms with Crippen LogP contribution in [0.2, 0.25) is 0 Å². The molecule has 5 heteroatoms. The van der Waals surface area contributed by atoms with Crippen LogP contribution in [-0.4, -0.2) is 24.1 Å². The van der Waals surface area contributed by atoms with Crippen LogP contribution in [0.25, 0.3) is 0 Å². The molecule has 0 aromatic heterocycles. The third kappa shape index (κ3) is 4.33. The van der Waals surface area contributed by atoms with Crippen LogP contribution in [0.15, 0.2) is 24.3 Å². The van der Waals surface area contributed by atoms with Gasteiger partial charge in [-0.3, -0.25) is 4.79 Å². The molecule has 0 unspecified atom stereocenters. The Morgan fingerprint density at radius 3 is 2.61 bits per heavy atom. The Balaban J connectivity index is 2.79. The Morgan fingerprint density at radius 1 is 1.22 bits per heavy atom. The number of carbonyl (C=O) groups excluding carboxylic acids is 1. The molecule has 0 aliphatic rings. The number of hydrogen-bond acceptors (Lipinski definition) is 2. The quantitative estimate of drug-likeness (QED) is 0.714. The molecule has 4 nitrogen and oxygen atoms in total. The van der Waals surface area contributed by atoms with E-state index in [2.05, 4.69) is 16.0 Å². The standard InChI is InChI=1S/C13H19N3OS/c1-3-9-15-12(17)10-7-5-6-8-11(10)16-13(18)14-4-2/h5-8H,3-4,9H2,1-2H3,(H,15,17)(H2,14,16,18). The van der Waals surface area contributed by atoms with E-state index in [4.69, 9.17) is 12.2 Å². The van der Waals surface area contributed by atoms with Crippen molar-refractivity contribution in [3.63, 3.8) is 0 Å². The lowest BCUT2D eigenvalue weighted by molar-refractivity contribution is 0.0954. The monoisotopic (exact) mass is 265 g/mol. The fourth-order valence-corrected chi connectivity index (χ4v) is 1.71. The second kappa shape index (κ2) is 7.66. The van der Waals surface area contributed by atoms with Crippen LogP contribution >= 0.6 is 12.2 Å². The topological polar surface area (TPSA) is 53.2 Å². The van der Waals surface area contributed by atoms with Crippen molar-refractivity contribution in [3.8, 4) is 0 Å². The van der Waals surface area contributed by atoms with Gasteiger partial charge in [-0.05, 0) is 37.7 Å². The lowest BCUT2D eigenvalue weighted by Crippen LogP contribution is -2.30. The van der Waals surface area contributed by atoms with Crippen molar-refractivity contribution >= 4 is 28.9 Å². The summed E-state index contributed by atoms with van der Waals surface area (Å²) in [5, 5.41) is 9.39. The highest BCUT2D eigenvalue weighted by atomic mass is 32.1. The molecular formula is C13H19N3OS. The van der Waals surface area contributed by atoms with E-state index in [-0.39, 0.29) is 5.91 Å². The van der Waals surface area contributed by atoms with E-state index < -0.39 is 0 Å². The third-order valence-electron chi connectivity index (χ3n) is 2.29. The highest BCUT2D eigenvalue weighted by molar-refractivity contribution is 7.80. The van der Waals surface area contributed by atoms with Gasteiger partial charge < -0.3 is 16.0 Å². The minimum absolute atomic E-state index is 0.0840. The maximum atomic E-state index is 11.9.